The molecule has 0 aromatic heterocycles. The van der Waals surface area contributed by atoms with Crippen LogP contribution in [-0.4, -0.2) is 33.5 Å². The van der Waals surface area contributed by atoms with Gasteiger partial charge in [0.25, 0.3) is 0 Å². The maximum atomic E-state index is 12.8. The third-order valence-electron chi connectivity index (χ3n) is 4.17. The Kier molecular flexibility index (Phi) is 8.47. The number of benzene rings is 2. The highest BCUT2D eigenvalue weighted by molar-refractivity contribution is 7.89. The molecule has 2 rings (SSSR count). The summed E-state index contributed by atoms with van der Waals surface area (Å²) in [7, 11) is -3.85. The monoisotopic (exact) mass is 404 g/mol. The molecule has 0 aliphatic rings. The van der Waals surface area contributed by atoms with Crippen LogP contribution in [-0.2, 0) is 21.2 Å². The van der Waals surface area contributed by atoms with Crippen LogP contribution in [0.2, 0.25) is 0 Å². The Balaban J connectivity index is 2.17. The average molecular weight is 405 g/mol. The summed E-state index contributed by atoms with van der Waals surface area (Å²) in [6.45, 7) is 4.91. The molecule has 152 valence electrons. The Morgan fingerprint density at radius 3 is 2.32 bits per heavy atom. The number of nitrogens with one attached hydrogen (secondary N) is 2. The van der Waals surface area contributed by atoms with Gasteiger partial charge in [0.1, 0.15) is 11.8 Å². The van der Waals surface area contributed by atoms with Gasteiger partial charge >= 0.3 is 0 Å². The minimum Gasteiger partial charge on any atom is -0.494 e. The van der Waals surface area contributed by atoms with Crippen molar-refractivity contribution in [3.8, 4) is 5.75 Å². The summed E-state index contributed by atoms with van der Waals surface area (Å²) in [5, 5.41) is 2.82. The molecule has 2 aromatic carbocycles. The van der Waals surface area contributed by atoms with Gasteiger partial charge in [-0.2, -0.15) is 4.72 Å². The van der Waals surface area contributed by atoms with Crippen LogP contribution >= 0.6 is 0 Å². The summed E-state index contributed by atoms with van der Waals surface area (Å²) in [6.07, 6.45) is 2.06. The van der Waals surface area contributed by atoms with Gasteiger partial charge in [-0.3, -0.25) is 4.79 Å². The van der Waals surface area contributed by atoms with E-state index in [9.17, 15) is 13.2 Å². The van der Waals surface area contributed by atoms with E-state index in [-0.39, 0.29) is 17.2 Å². The minimum absolute atomic E-state index is 0.0929. The van der Waals surface area contributed by atoms with Gasteiger partial charge in [-0.1, -0.05) is 43.7 Å². The van der Waals surface area contributed by atoms with Crippen LogP contribution < -0.4 is 14.8 Å². The van der Waals surface area contributed by atoms with Crippen LogP contribution in [0.3, 0.4) is 0 Å². The number of sulfonamides is 1. The van der Waals surface area contributed by atoms with Gasteiger partial charge in [0, 0.05) is 6.54 Å². The second-order valence-electron chi connectivity index (χ2n) is 6.41. The third kappa shape index (κ3) is 6.65. The highest BCUT2D eigenvalue weighted by atomic mass is 32.2. The minimum atomic E-state index is -3.85. The van der Waals surface area contributed by atoms with Crippen molar-refractivity contribution in [2.24, 2.45) is 0 Å². The van der Waals surface area contributed by atoms with E-state index < -0.39 is 16.1 Å². The first kappa shape index (κ1) is 21.9. The van der Waals surface area contributed by atoms with E-state index in [1.807, 2.05) is 44.2 Å². The number of unbranched alkanes of at least 4 members (excludes halogenated alkanes) is 1. The summed E-state index contributed by atoms with van der Waals surface area (Å²) in [5.74, 6) is 0.270. The third-order valence-corrected chi connectivity index (χ3v) is 5.66. The molecule has 1 atom stereocenters. The Labute approximate surface area is 167 Å². The summed E-state index contributed by atoms with van der Waals surface area (Å²) in [4.78, 5) is 12.7. The van der Waals surface area contributed by atoms with Crippen LogP contribution in [0, 0.1) is 0 Å². The van der Waals surface area contributed by atoms with Crippen molar-refractivity contribution in [3.05, 3.63) is 60.2 Å². The van der Waals surface area contributed by atoms with E-state index >= 15 is 0 Å². The van der Waals surface area contributed by atoms with Crippen molar-refractivity contribution in [1.82, 2.24) is 10.0 Å². The average Bonchev–Trinajstić information content (AvgIpc) is 2.69. The molecule has 6 nitrogen and oxygen atoms in total. The van der Waals surface area contributed by atoms with Crippen molar-refractivity contribution in [2.75, 3.05) is 13.2 Å². The van der Waals surface area contributed by atoms with Gasteiger partial charge in [-0.25, -0.2) is 8.42 Å². The maximum absolute atomic E-state index is 12.8. The second-order valence-corrected chi connectivity index (χ2v) is 8.13. The number of carbonyl (C=O) groups is 1. The Bertz CT molecular complexity index is 836. The Morgan fingerprint density at radius 1 is 1.04 bits per heavy atom. The molecule has 0 radical (unpaired) electrons. The molecular weight excluding hydrogens is 376 g/mol. The van der Waals surface area contributed by atoms with Crippen molar-refractivity contribution in [3.63, 3.8) is 0 Å². The summed E-state index contributed by atoms with van der Waals surface area (Å²) in [5.41, 5.74) is 0.882. The van der Waals surface area contributed by atoms with E-state index in [0.717, 1.165) is 18.4 Å². The molecule has 0 saturated heterocycles. The van der Waals surface area contributed by atoms with E-state index in [1.54, 1.807) is 12.1 Å². The fourth-order valence-corrected chi connectivity index (χ4v) is 3.88. The van der Waals surface area contributed by atoms with Gasteiger partial charge in [-0.05, 0) is 49.6 Å². The maximum Gasteiger partial charge on any atom is 0.241 e. The van der Waals surface area contributed by atoms with Crippen LogP contribution in [0.15, 0.2) is 59.5 Å². The lowest BCUT2D eigenvalue weighted by Gasteiger charge is -2.19. The fraction of sp³-hybridized carbons (Fsp3) is 0.381. The molecule has 28 heavy (non-hydrogen) atoms. The number of hydrogen-bond acceptors (Lipinski definition) is 4. The molecule has 2 N–H and O–H groups in total. The lowest BCUT2D eigenvalue weighted by molar-refractivity contribution is -0.122. The van der Waals surface area contributed by atoms with Crippen LogP contribution in [0.5, 0.6) is 5.75 Å². The first-order valence-corrected chi connectivity index (χ1v) is 11.0. The first-order chi connectivity index (χ1) is 13.5. The highest BCUT2D eigenvalue weighted by Crippen LogP contribution is 2.17. The molecule has 0 aliphatic heterocycles. The molecule has 0 saturated carbocycles. The summed E-state index contributed by atoms with van der Waals surface area (Å²) >= 11 is 0. The molecule has 0 fully saturated rings. The fourth-order valence-electron chi connectivity index (χ4n) is 2.69. The van der Waals surface area contributed by atoms with Gasteiger partial charge in [0.2, 0.25) is 15.9 Å². The Hall–Kier alpha value is -2.38. The highest BCUT2D eigenvalue weighted by Gasteiger charge is 2.26. The zero-order valence-electron chi connectivity index (χ0n) is 16.4. The number of rotatable bonds is 11. The molecule has 0 bridgehead atoms. The van der Waals surface area contributed by atoms with Crippen molar-refractivity contribution >= 4 is 15.9 Å². The molecule has 2 aromatic rings. The molecule has 1 amide bonds. The first-order valence-electron chi connectivity index (χ1n) is 9.53. The van der Waals surface area contributed by atoms with Crippen molar-refractivity contribution < 1.29 is 17.9 Å². The van der Waals surface area contributed by atoms with Crippen molar-refractivity contribution in [2.45, 2.75) is 44.0 Å². The van der Waals surface area contributed by atoms with Gasteiger partial charge in [0.05, 0.1) is 11.5 Å². The normalized spacial score (nSPS) is 12.4. The lowest BCUT2D eigenvalue weighted by Crippen LogP contribution is -2.48. The van der Waals surface area contributed by atoms with Crippen LogP contribution in [0.25, 0.3) is 0 Å². The van der Waals surface area contributed by atoms with E-state index in [4.69, 9.17) is 4.74 Å². The molecule has 0 aliphatic carbocycles. The molecule has 0 heterocycles. The standard InChI is InChI=1S/C21H28N2O4S/c1-3-5-15-22-21(24)20(16-17-9-7-6-8-10-17)23-28(25,26)19-13-11-18(12-14-19)27-4-2/h6-14,20,23H,3-5,15-16H2,1-2H3,(H,22,24)/t20-/m0/s1. The predicted octanol–water partition coefficient (Wildman–Crippen LogP) is 2.89. The zero-order chi connectivity index (χ0) is 20.4. The number of hydrogen-bond donors (Lipinski definition) is 2. The van der Waals surface area contributed by atoms with E-state index in [1.165, 1.54) is 12.1 Å². The second kappa shape index (κ2) is 10.8. The zero-order valence-corrected chi connectivity index (χ0v) is 17.2. The number of ether oxygens (including phenoxy) is 1. The number of amides is 1. The van der Waals surface area contributed by atoms with Crippen molar-refractivity contribution in [1.29, 1.82) is 0 Å². The predicted molar refractivity (Wildman–Crippen MR) is 110 cm³/mol. The molecule has 0 spiro atoms. The quantitative estimate of drug-likeness (QED) is 0.564. The summed E-state index contributed by atoms with van der Waals surface area (Å²) < 4.78 is 33.5. The van der Waals surface area contributed by atoms with Gasteiger partial charge in [0.15, 0.2) is 0 Å². The topological polar surface area (TPSA) is 84.5 Å². The molecular formula is C21H28N2O4S. The molecule has 7 heteroatoms. The number of carbonyl (C=O) groups excluding carboxylic acids is 1. The Morgan fingerprint density at radius 2 is 1.71 bits per heavy atom. The smallest absolute Gasteiger partial charge is 0.241 e. The van der Waals surface area contributed by atoms with E-state index in [2.05, 4.69) is 10.0 Å². The van der Waals surface area contributed by atoms with E-state index in [0.29, 0.717) is 18.9 Å². The summed E-state index contributed by atoms with van der Waals surface area (Å²) in [6, 6.07) is 14.6. The van der Waals surface area contributed by atoms with Gasteiger partial charge in [-0.15, -0.1) is 0 Å². The lowest BCUT2D eigenvalue weighted by atomic mass is 10.1. The van der Waals surface area contributed by atoms with Crippen LogP contribution in [0.1, 0.15) is 32.3 Å². The van der Waals surface area contributed by atoms with Gasteiger partial charge < -0.3 is 10.1 Å². The molecule has 0 unspecified atom stereocenters. The van der Waals surface area contributed by atoms with Crippen LogP contribution in [0.4, 0.5) is 0 Å². The largest absolute Gasteiger partial charge is 0.494 e. The SMILES string of the molecule is CCCCNC(=O)[C@H](Cc1ccccc1)NS(=O)(=O)c1ccc(OCC)cc1.